The van der Waals surface area contributed by atoms with Gasteiger partial charge in [-0.2, -0.15) is 0 Å². The molecule has 1 heterocycles. The van der Waals surface area contributed by atoms with Crippen LogP contribution < -0.4 is 16.0 Å². The Morgan fingerprint density at radius 1 is 0.600 bits per heavy atom. The molecule has 0 unspecified atom stereocenters. The Morgan fingerprint density at radius 3 is 1.58 bits per heavy atom. The van der Waals surface area contributed by atoms with Crippen molar-refractivity contribution in [1.82, 2.24) is 16.0 Å². The fourth-order valence-electron chi connectivity index (χ4n) is 5.55. The molecule has 3 amide bonds. The van der Waals surface area contributed by atoms with Crippen LogP contribution in [0.4, 0.5) is 0 Å². The predicted molar refractivity (Wildman–Crippen MR) is 192 cm³/mol. The smallest absolute Gasteiger partial charge is 0.332 e. The third-order valence-corrected chi connectivity index (χ3v) is 8.85. The molecule has 0 bridgehead atoms. The highest BCUT2D eigenvalue weighted by Gasteiger charge is 2.44. The number of aliphatic hydroxyl groups is 5. The third kappa shape index (κ3) is 10.4. The predicted octanol–water partition coefficient (Wildman–Crippen LogP) is -3.71. The van der Waals surface area contributed by atoms with Gasteiger partial charge in [-0.15, -0.1) is 0 Å². The molecule has 0 spiro atoms. The van der Waals surface area contributed by atoms with Crippen LogP contribution in [0.2, 0.25) is 0 Å². The van der Waals surface area contributed by atoms with Crippen LogP contribution in [0.25, 0.3) is 0 Å². The van der Waals surface area contributed by atoms with Crippen molar-refractivity contribution in [2.75, 3.05) is 26.4 Å². The van der Waals surface area contributed by atoms with Gasteiger partial charge in [0.05, 0.1) is 29.9 Å². The number of ether oxygens (including phenoxy) is 3. The Bertz CT molecular complexity index is 2110. The Hall–Kier alpha value is -6.96. The summed E-state index contributed by atoms with van der Waals surface area (Å²) in [4.78, 5) is 77.2. The molecule has 0 aromatic heterocycles. The van der Waals surface area contributed by atoms with Crippen molar-refractivity contribution in [2.24, 2.45) is 0 Å². The maximum atomic E-state index is 13.3. The number of carbonyl (C=O) groups is 6. The lowest BCUT2D eigenvalue weighted by Crippen LogP contribution is -2.55. The maximum absolute atomic E-state index is 13.3. The van der Waals surface area contributed by atoms with Gasteiger partial charge < -0.3 is 91.4 Å². The van der Waals surface area contributed by atoms with Gasteiger partial charge in [0.2, 0.25) is 0 Å². The van der Waals surface area contributed by atoms with Crippen LogP contribution in [0.3, 0.4) is 0 Å². The number of carboxylic acid groups (broad SMARTS) is 1. The lowest BCUT2D eigenvalue weighted by atomic mass is 9.90. The molecule has 4 rings (SSSR count). The Morgan fingerprint density at radius 2 is 1.07 bits per heavy atom. The number of aromatic hydroxyl groups is 6. The summed E-state index contributed by atoms with van der Waals surface area (Å²) >= 11 is 0. The molecule has 1 saturated heterocycles. The van der Waals surface area contributed by atoms with Gasteiger partial charge in [0.1, 0.15) is 43.7 Å². The van der Waals surface area contributed by atoms with Crippen molar-refractivity contribution in [3.63, 3.8) is 0 Å². The summed E-state index contributed by atoms with van der Waals surface area (Å²) in [5, 5.41) is 126. The van der Waals surface area contributed by atoms with Gasteiger partial charge in [0.25, 0.3) is 17.7 Å². The highest BCUT2D eigenvalue weighted by Crippen LogP contribution is 2.38. The zero-order valence-corrected chi connectivity index (χ0v) is 30.6. The number of phenols is 6. The van der Waals surface area contributed by atoms with Gasteiger partial charge in [-0.25, -0.2) is 14.4 Å². The van der Waals surface area contributed by atoms with E-state index in [1.54, 1.807) is 0 Å². The zero-order valence-electron chi connectivity index (χ0n) is 30.6. The molecule has 15 N–H and O–H groups in total. The molecule has 324 valence electrons. The Balaban J connectivity index is 1.52. The molecule has 0 aliphatic carbocycles. The van der Waals surface area contributed by atoms with E-state index in [0.717, 1.165) is 42.5 Å². The van der Waals surface area contributed by atoms with Gasteiger partial charge in [-0.1, -0.05) is 12.1 Å². The van der Waals surface area contributed by atoms with Crippen molar-refractivity contribution in [3.8, 4) is 34.5 Å². The molecule has 0 saturated carbocycles. The molecular formula is C36H39N3O21. The minimum Gasteiger partial charge on any atom is -0.504 e. The van der Waals surface area contributed by atoms with Crippen LogP contribution in [0.1, 0.15) is 42.7 Å². The van der Waals surface area contributed by atoms with Crippen LogP contribution in [-0.2, 0) is 28.6 Å². The number of hydrogen-bond donors (Lipinski definition) is 15. The molecule has 24 heteroatoms. The van der Waals surface area contributed by atoms with E-state index in [-0.39, 0.29) is 5.56 Å². The number of para-hydroxylation sites is 2. The lowest BCUT2D eigenvalue weighted by Gasteiger charge is -2.40. The first-order chi connectivity index (χ1) is 28.3. The van der Waals surface area contributed by atoms with E-state index in [1.165, 1.54) is 6.07 Å². The first-order valence-electron chi connectivity index (χ1n) is 17.3. The number of rotatable bonds is 16. The number of aliphatic carboxylic acids is 1. The second-order valence-corrected chi connectivity index (χ2v) is 12.9. The lowest BCUT2D eigenvalue weighted by molar-refractivity contribution is -0.231. The van der Waals surface area contributed by atoms with Crippen molar-refractivity contribution in [3.05, 3.63) is 70.8 Å². The van der Waals surface area contributed by atoms with Crippen molar-refractivity contribution >= 4 is 35.6 Å². The van der Waals surface area contributed by atoms with Gasteiger partial charge in [0, 0.05) is 0 Å². The number of phenolic OH excluding ortho intramolecular Hbond substituents is 6. The molecule has 3 aromatic carbocycles. The van der Waals surface area contributed by atoms with Crippen molar-refractivity contribution in [1.29, 1.82) is 0 Å². The van der Waals surface area contributed by atoms with E-state index < -0.39 is 162 Å². The largest absolute Gasteiger partial charge is 0.504 e. The summed E-state index contributed by atoms with van der Waals surface area (Å²) < 4.78 is 15.4. The zero-order chi connectivity index (χ0) is 44.6. The highest BCUT2D eigenvalue weighted by molar-refractivity contribution is 6.01. The second-order valence-electron chi connectivity index (χ2n) is 12.9. The Kier molecular flexibility index (Phi) is 15.0. The summed E-state index contributed by atoms with van der Waals surface area (Å²) in [6, 6.07) is 1.91. The van der Waals surface area contributed by atoms with Gasteiger partial charge in [-0.05, 0) is 42.0 Å². The summed E-state index contributed by atoms with van der Waals surface area (Å²) in [6.07, 6.45) is -8.59. The summed E-state index contributed by atoms with van der Waals surface area (Å²) in [6.45, 7) is -4.38. The fourth-order valence-corrected chi connectivity index (χ4v) is 5.55. The molecule has 8 atom stereocenters. The number of carboxylic acids is 1. The summed E-state index contributed by atoms with van der Waals surface area (Å²) in [7, 11) is 0. The normalized spacial score (nSPS) is 20.1. The van der Waals surface area contributed by atoms with Gasteiger partial charge >= 0.3 is 17.9 Å². The van der Waals surface area contributed by atoms with Crippen LogP contribution in [0, 0.1) is 0 Å². The number of hydrogen-bond acceptors (Lipinski definition) is 20. The number of esters is 2. The van der Waals surface area contributed by atoms with Gasteiger partial charge in [0.15, 0.2) is 52.6 Å². The Labute approximate surface area is 336 Å². The van der Waals surface area contributed by atoms with E-state index in [2.05, 4.69) is 0 Å². The van der Waals surface area contributed by atoms with Gasteiger partial charge in [-0.3, -0.25) is 14.4 Å². The number of nitrogens with one attached hydrogen (secondary N) is 3. The number of amides is 3. The third-order valence-electron chi connectivity index (χ3n) is 8.85. The maximum Gasteiger partial charge on any atom is 0.332 e. The van der Waals surface area contributed by atoms with Crippen LogP contribution in [0.5, 0.6) is 34.5 Å². The molecular weight excluding hydrogens is 810 g/mol. The standard InChI is InChI=1S/C36H39N3O21/c40-9-17(37-31(51)14-3-1-5-20(42)24(14)45)35(56)59-12-19(39-32(52)15-4-2-6-21(43)25(15)46)36(57)58-11-18(34(54)55)38-33(53)16-7-13(8-22(44)26(16)47)30-29(50)28(49)27(48)23(10-41)60-30/h1-8,17-19,23,27-30,40-50H,9-12H2,(H,37,51)(H,38,53)(H,39,52)(H,54,55)/t17-,18-,19-,23+,27+,28-,29+,30-/m0/s1. The fraction of sp³-hybridized carbons (Fsp3) is 0.333. The molecule has 24 nitrogen and oxygen atoms in total. The number of aliphatic hydroxyl groups excluding tert-OH is 5. The molecule has 1 aliphatic rings. The monoisotopic (exact) mass is 849 g/mol. The van der Waals surface area contributed by atoms with Crippen LogP contribution >= 0.6 is 0 Å². The van der Waals surface area contributed by atoms with Crippen molar-refractivity contribution in [2.45, 2.75) is 48.6 Å². The summed E-state index contributed by atoms with van der Waals surface area (Å²) in [5.41, 5.74) is -2.27. The van der Waals surface area contributed by atoms with Crippen LogP contribution in [-0.4, -0.2) is 166 Å². The van der Waals surface area contributed by atoms with E-state index >= 15 is 0 Å². The quantitative estimate of drug-likeness (QED) is 0.0487. The van der Waals surface area contributed by atoms with E-state index in [4.69, 9.17) is 14.2 Å². The topological polar surface area (TPSA) is 409 Å². The average Bonchev–Trinajstić information content (AvgIpc) is 3.21. The van der Waals surface area contributed by atoms with E-state index in [9.17, 15) is 90.0 Å². The van der Waals surface area contributed by atoms with Crippen LogP contribution in [0.15, 0.2) is 48.5 Å². The van der Waals surface area contributed by atoms with E-state index in [1.807, 2.05) is 16.0 Å². The second kappa shape index (κ2) is 19.7. The molecule has 3 aromatic rings. The minimum atomic E-state index is -2.17. The average molecular weight is 850 g/mol. The first kappa shape index (κ1) is 45.7. The number of carbonyl (C=O) groups excluding carboxylic acids is 5. The number of benzene rings is 3. The van der Waals surface area contributed by atoms with E-state index in [0.29, 0.717) is 0 Å². The summed E-state index contributed by atoms with van der Waals surface area (Å²) in [5.74, 6) is -14.1. The SMILES string of the molecule is O=C(N[C@@H](COC(=O)[C@H](COC(=O)[C@H](CO)NC(=O)c1cccc(O)c1O)NC(=O)c1cccc(O)c1O)C(=O)O)c1cc([C@@H]2O[C@H](CO)[C@@H](O)[C@H](O)[C@H]2O)cc(O)c1O. The molecule has 0 radical (unpaired) electrons. The van der Waals surface area contributed by atoms with Crippen molar-refractivity contribution < 1.29 is 104 Å². The molecule has 60 heavy (non-hydrogen) atoms. The minimum absolute atomic E-state index is 0.294. The molecule has 1 aliphatic heterocycles. The molecule has 1 fully saturated rings. The highest BCUT2D eigenvalue weighted by atomic mass is 16.6. The first-order valence-corrected chi connectivity index (χ1v) is 17.3.